The smallest absolute Gasteiger partial charge is 0.268 e. The number of amides is 1. The minimum Gasteiger partial charge on any atom is -0.495 e. The quantitative estimate of drug-likeness (QED) is 0.221. The van der Waals surface area contributed by atoms with Gasteiger partial charge in [-0.1, -0.05) is 17.7 Å². The van der Waals surface area contributed by atoms with E-state index in [1.807, 2.05) is 11.4 Å². The highest BCUT2D eigenvalue weighted by Gasteiger charge is 2.31. The van der Waals surface area contributed by atoms with Crippen LogP contribution in [0.1, 0.15) is 5.56 Å². The maximum atomic E-state index is 14.1. The molecule has 3 aromatic carbocycles. The molecule has 0 bridgehead atoms. The summed E-state index contributed by atoms with van der Waals surface area (Å²) in [5.74, 6) is 0.278. The Bertz CT molecular complexity index is 1680. The van der Waals surface area contributed by atoms with E-state index in [0.29, 0.717) is 28.4 Å². The number of carbonyl (C=O) groups excluding carboxylic acids is 1. The molecule has 0 saturated heterocycles. The van der Waals surface area contributed by atoms with E-state index >= 15 is 0 Å². The van der Waals surface area contributed by atoms with Gasteiger partial charge >= 0.3 is 0 Å². The molecule has 216 valence electrons. The number of carbonyl (C=O) groups is 1. The Labute approximate surface area is 247 Å². The van der Waals surface area contributed by atoms with Crippen LogP contribution in [0, 0.1) is 6.92 Å². The molecule has 1 amide bonds. The first-order valence-electron chi connectivity index (χ1n) is 12.2. The van der Waals surface area contributed by atoms with Gasteiger partial charge in [0.25, 0.3) is 10.0 Å². The number of hydrogen-bond donors (Lipinski definition) is 2. The first-order valence-corrected chi connectivity index (χ1v) is 14.9. The number of anilines is 3. The second-order valence-corrected chi connectivity index (χ2v) is 11.8. The third kappa shape index (κ3) is 6.50. The molecule has 0 aliphatic rings. The minimum atomic E-state index is -4.31. The van der Waals surface area contributed by atoms with E-state index < -0.39 is 22.5 Å². The fraction of sp³-hybridized carbons (Fsp3) is 0.214. The van der Waals surface area contributed by atoms with Crippen LogP contribution in [0.25, 0.3) is 11.3 Å². The van der Waals surface area contributed by atoms with Gasteiger partial charge in [-0.3, -0.25) is 9.10 Å². The Hall–Kier alpha value is -4.00. The molecule has 2 N–H and O–H groups in total. The number of hydrogen-bond acceptors (Lipinski definition) is 9. The summed E-state index contributed by atoms with van der Waals surface area (Å²) in [6.45, 7) is 1.19. The molecule has 41 heavy (non-hydrogen) atoms. The zero-order valence-electron chi connectivity index (χ0n) is 23.0. The largest absolute Gasteiger partial charge is 0.495 e. The van der Waals surface area contributed by atoms with Crippen LogP contribution in [0.4, 0.5) is 16.5 Å². The van der Waals surface area contributed by atoms with Crippen molar-refractivity contribution in [2.75, 3.05) is 49.9 Å². The molecule has 1 aromatic heterocycles. The van der Waals surface area contributed by atoms with Crippen LogP contribution in [0.15, 0.2) is 64.9 Å². The lowest BCUT2D eigenvalue weighted by Crippen LogP contribution is -2.38. The van der Waals surface area contributed by atoms with Crippen molar-refractivity contribution in [2.45, 2.75) is 11.8 Å². The van der Waals surface area contributed by atoms with E-state index in [2.05, 4.69) is 15.6 Å². The lowest BCUT2D eigenvalue weighted by molar-refractivity contribution is -0.114. The summed E-state index contributed by atoms with van der Waals surface area (Å²) in [6.07, 6.45) is 0. The highest BCUT2D eigenvalue weighted by Crippen LogP contribution is 2.36. The lowest BCUT2D eigenvalue weighted by atomic mass is 10.1. The predicted octanol–water partition coefficient (Wildman–Crippen LogP) is 5.67. The molecule has 0 saturated carbocycles. The summed E-state index contributed by atoms with van der Waals surface area (Å²) in [5, 5.41) is 8.60. The Kier molecular flexibility index (Phi) is 9.26. The highest BCUT2D eigenvalue weighted by atomic mass is 35.5. The summed E-state index contributed by atoms with van der Waals surface area (Å²) in [7, 11) is 1.78. The molecule has 4 aromatic rings. The van der Waals surface area contributed by atoms with Crippen molar-refractivity contribution >= 4 is 55.4 Å². The molecular weight excluding hydrogens is 588 g/mol. The molecule has 0 spiro atoms. The van der Waals surface area contributed by atoms with Crippen LogP contribution in [0.5, 0.6) is 17.2 Å². The minimum absolute atomic E-state index is 0.0943. The number of rotatable bonds is 11. The topological polar surface area (TPSA) is 119 Å². The maximum absolute atomic E-state index is 14.1. The first-order chi connectivity index (χ1) is 19.6. The van der Waals surface area contributed by atoms with Crippen LogP contribution >= 0.6 is 22.9 Å². The average Bonchev–Trinajstić information content (AvgIpc) is 3.45. The van der Waals surface area contributed by atoms with Crippen molar-refractivity contribution < 1.29 is 27.4 Å². The van der Waals surface area contributed by atoms with E-state index in [9.17, 15) is 13.2 Å². The highest BCUT2D eigenvalue weighted by molar-refractivity contribution is 7.93. The third-order valence-electron chi connectivity index (χ3n) is 6.09. The number of aromatic nitrogens is 1. The predicted molar refractivity (Wildman–Crippen MR) is 163 cm³/mol. The van der Waals surface area contributed by atoms with E-state index in [1.165, 1.54) is 56.9 Å². The van der Waals surface area contributed by atoms with Gasteiger partial charge in [0.1, 0.15) is 28.7 Å². The number of sulfonamides is 1. The molecule has 4 rings (SSSR count). The van der Waals surface area contributed by atoms with Crippen LogP contribution in [-0.4, -0.2) is 54.2 Å². The van der Waals surface area contributed by atoms with Crippen molar-refractivity contribution in [3.05, 3.63) is 70.6 Å². The Morgan fingerprint density at radius 1 is 0.976 bits per heavy atom. The summed E-state index contributed by atoms with van der Waals surface area (Å²) in [5.41, 5.74) is 2.67. The second-order valence-electron chi connectivity index (χ2n) is 8.74. The van der Waals surface area contributed by atoms with Gasteiger partial charge < -0.3 is 24.8 Å². The zero-order chi connectivity index (χ0) is 29.7. The number of ether oxygens (including phenoxy) is 3. The number of nitrogens with zero attached hydrogens (tertiary/aromatic N) is 2. The van der Waals surface area contributed by atoms with Gasteiger partial charge in [0, 0.05) is 18.0 Å². The molecular formula is C28H29ClN4O6S2. The van der Waals surface area contributed by atoms with Crippen molar-refractivity contribution in [3.63, 3.8) is 0 Å². The number of benzene rings is 3. The summed E-state index contributed by atoms with van der Waals surface area (Å²) >= 11 is 7.79. The molecule has 0 aliphatic carbocycles. The molecule has 13 heteroatoms. The van der Waals surface area contributed by atoms with E-state index in [1.54, 1.807) is 38.2 Å². The monoisotopic (exact) mass is 616 g/mol. The van der Waals surface area contributed by atoms with Gasteiger partial charge in [0.05, 0.1) is 43.4 Å². The SMILES string of the molecule is CNc1nc(-c2ccc(OC)c(NC(=O)CN(c3ccc(OC)c(Cl)c3)S(=O)(=O)c3cc(C)ccc3OC)c2)cs1. The fourth-order valence-corrected chi connectivity index (χ4v) is 6.63. The number of halogens is 1. The maximum Gasteiger partial charge on any atom is 0.268 e. The first kappa shape index (κ1) is 30.0. The molecule has 0 unspecified atom stereocenters. The average molecular weight is 617 g/mol. The van der Waals surface area contributed by atoms with Crippen molar-refractivity contribution in [2.24, 2.45) is 0 Å². The Morgan fingerprint density at radius 3 is 2.29 bits per heavy atom. The molecule has 0 fully saturated rings. The van der Waals surface area contributed by atoms with Gasteiger partial charge in [-0.05, 0) is 61.0 Å². The van der Waals surface area contributed by atoms with E-state index in [0.717, 1.165) is 15.0 Å². The molecule has 0 aliphatic heterocycles. The van der Waals surface area contributed by atoms with Crippen LogP contribution in [0.2, 0.25) is 5.02 Å². The van der Waals surface area contributed by atoms with Crippen LogP contribution in [0.3, 0.4) is 0 Å². The molecule has 0 atom stereocenters. The van der Waals surface area contributed by atoms with Crippen molar-refractivity contribution in [3.8, 4) is 28.5 Å². The van der Waals surface area contributed by atoms with E-state index in [-0.39, 0.29) is 21.4 Å². The Balaban J connectivity index is 1.73. The van der Waals surface area contributed by atoms with Crippen molar-refractivity contribution in [1.82, 2.24) is 4.98 Å². The summed E-state index contributed by atoms with van der Waals surface area (Å²) in [4.78, 5) is 17.9. The number of nitrogens with one attached hydrogen (secondary N) is 2. The van der Waals surface area contributed by atoms with E-state index in [4.69, 9.17) is 25.8 Å². The molecule has 0 radical (unpaired) electrons. The van der Waals surface area contributed by atoms with Gasteiger partial charge in [0.2, 0.25) is 5.91 Å². The van der Waals surface area contributed by atoms with Gasteiger partial charge in [-0.2, -0.15) is 0 Å². The van der Waals surface area contributed by atoms with Crippen molar-refractivity contribution in [1.29, 1.82) is 0 Å². The van der Waals surface area contributed by atoms with Gasteiger partial charge in [0.15, 0.2) is 5.13 Å². The normalized spacial score (nSPS) is 11.1. The summed E-state index contributed by atoms with van der Waals surface area (Å²) in [6, 6.07) is 14.5. The molecule has 10 nitrogen and oxygen atoms in total. The molecule has 1 heterocycles. The summed E-state index contributed by atoms with van der Waals surface area (Å²) < 4.78 is 45.1. The lowest BCUT2D eigenvalue weighted by Gasteiger charge is -2.26. The zero-order valence-corrected chi connectivity index (χ0v) is 25.4. The second kappa shape index (κ2) is 12.7. The third-order valence-corrected chi connectivity index (χ3v) is 9.04. The van der Waals surface area contributed by atoms with Crippen LogP contribution < -0.4 is 29.1 Å². The number of aryl methyl sites for hydroxylation is 1. The van der Waals surface area contributed by atoms with Gasteiger partial charge in [-0.25, -0.2) is 13.4 Å². The Morgan fingerprint density at radius 2 is 1.66 bits per heavy atom. The number of methoxy groups -OCH3 is 3. The number of thiazole rings is 1. The van der Waals surface area contributed by atoms with Gasteiger partial charge in [-0.15, -0.1) is 11.3 Å². The van der Waals surface area contributed by atoms with Crippen LogP contribution in [-0.2, 0) is 14.8 Å². The standard InChI is InChI=1S/C28H29ClN4O6S2/c1-17-6-9-25(39-5)26(12-17)41(35,36)33(19-8-11-23(37-3)20(29)14-19)15-27(34)31-21-13-18(7-10-24(21)38-4)22-16-40-28(30-2)32-22/h6-14,16H,15H2,1-5H3,(H,30,32)(H,31,34). The fourth-order valence-electron chi connectivity index (χ4n) is 4.04.